The number of aryl methyl sites for hydroxylation is 3. The molecule has 0 aliphatic heterocycles. The largest absolute Gasteiger partial charge is 0.302 e. The van der Waals surface area contributed by atoms with Gasteiger partial charge < -0.3 is 5.32 Å². The normalized spacial score (nSPS) is 16.0. The van der Waals surface area contributed by atoms with Gasteiger partial charge in [-0.3, -0.25) is 4.98 Å². The van der Waals surface area contributed by atoms with Crippen LogP contribution in [0.2, 0.25) is 0 Å². The summed E-state index contributed by atoms with van der Waals surface area (Å²) >= 11 is 1.88. The Bertz CT molecular complexity index is 577. The number of aromatic nitrogens is 2. The second kappa shape index (κ2) is 6.24. The average Bonchev–Trinajstić information content (AvgIpc) is 2.89. The topological polar surface area (TPSA) is 37.8 Å². The molecule has 2 aromatic heterocycles. The van der Waals surface area contributed by atoms with Crippen molar-refractivity contribution >= 4 is 11.3 Å². The van der Waals surface area contributed by atoms with Crippen LogP contribution in [0.3, 0.4) is 0 Å². The predicted molar refractivity (Wildman–Crippen MR) is 87.8 cm³/mol. The molecule has 0 fully saturated rings. The van der Waals surface area contributed by atoms with E-state index in [1.54, 1.807) is 0 Å². The standard InChI is InChI=1S/C17H23N3S/c1-11(2)19-16(13-9-8-12(3)18-10-13)17-20-14-6-4-5-7-15(14)21-17/h8-11,16,19H,4-7H2,1-3H3. The van der Waals surface area contributed by atoms with Gasteiger partial charge in [0.1, 0.15) is 5.01 Å². The highest BCUT2D eigenvalue weighted by atomic mass is 32.1. The second-order valence-corrected chi connectivity index (χ2v) is 7.23. The molecule has 3 nitrogen and oxygen atoms in total. The molecule has 1 atom stereocenters. The molecule has 1 aliphatic rings. The summed E-state index contributed by atoms with van der Waals surface area (Å²) in [5.41, 5.74) is 3.60. The minimum absolute atomic E-state index is 0.161. The lowest BCUT2D eigenvalue weighted by molar-refractivity contribution is 0.524. The van der Waals surface area contributed by atoms with Crippen molar-refractivity contribution in [2.24, 2.45) is 0 Å². The van der Waals surface area contributed by atoms with Crippen molar-refractivity contribution in [2.45, 2.75) is 58.5 Å². The van der Waals surface area contributed by atoms with Gasteiger partial charge >= 0.3 is 0 Å². The summed E-state index contributed by atoms with van der Waals surface area (Å²) in [6.07, 6.45) is 6.92. The lowest BCUT2D eigenvalue weighted by Gasteiger charge is -2.19. The fourth-order valence-corrected chi connectivity index (χ4v) is 4.03. The van der Waals surface area contributed by atoms with E-state index in [2.05, 4.69) is 36.3 Å². The summed E-state index contributed by atoms with van der Waals surface area (Å²) in [7, 11) is 0. The molecule has 3 rings (SSSR count). The summed E-state index contributed by atoms with van der Waals surface area (Å²) in [4.78, 5) is 10.9. The first-order valence-electron chi connectivity index (χ1n) is 7.80. The van der Waals surface area contributed by atoms with Crippen molar-refractivity contribution in [3.8, 4) is 0 Å². The lowest BCUT2D eigenvalue weighted by atomic mass is 10.0. The zero-order valence-corrected chi connectivity index (χ0v) is 13.8. The highest BCUT2D eigenvalue weighted by Gasteiger charge is 2.23. The van der Waals surface area contributed by atoms with E-state index in [0.717, 1.165) is 12.1 Å². The van der Waals surface area contributed by atoms with Gasteiger partial charge in [-0.2, -0.15) is 0 Å². The molecule has 1 unspecified atom stereocenters. The van der Waals surface area contributed by atoms with E-state index in [9.17, 15) is 0 Å². The number of fused-ring (bicyclic) bond motifs is 1. The molecule has 0 spiro atoms. The molecule has 0 aromatic carbocycles. The summed E-state index contributed by atoms with van der Waals surface area (Å²) in [6, 6.07) is 4.83. The first-order chi connectivity index (χ1) is 10.1. The fraction of sp³-hybridized carbons (Fsp3) is 0.529. The number of pyridine rings is 1. The molecule has 2 heterocycles. The van der Waals surface area contributed by atoms with Crippen molar-refractivity contribution in [1.82, 2.24) is 15.3 Å². The summed E-state index contributed by atoms with van der Waals surface area (Å²) in [6.45, 7) is 6.39. The van der Waals surface area contributed by atoms with E-state index in [-0.39, 0.29) is 6.04 Å². The van der Waals surface area contributed by atoms with Gasteiger partial charge in [-0.25, -0.2) is 4.98 Å². The maximum atomic E-state index is 4.93. The molecular formula is C17H23N3S. The Morgan fingerprint density at radius 3 is 2.67 bits per heavy atom. The molecule has 1 aliphatic carbocycles. The Kier molecular flexibility index (Phi) is 4.36. The van der Waals surface area contributed by atoms with Crippen molar-refractivity contribution in [3.63, 3.8) is 0 Å². The number of hydrogen-bond donors (Lipinski definition) is 1. The van der Waals surface area contributed by atoms with E-state index in [1.165, 1.54) is 40.4 Å². The summed E-state index contributed by atoms with van der Waals surface area (Å²) < 4.78 is 0. The molecule has 0 amide bonds. The van der Waals surface area contributed by atoms with E-state index < -0.39 is 0 Å². The van der Waals surface area contributed by atoms with Gasteiger partial charge in [0.2, 0.25) is 0 Å². The number of nitrogens with one attached hydrogen (secondary N) is 1. The summed E-state index contributed by atoms with van der Waals surface area (Å²) in [5, 5.41) is 4.84. The van der Waals surface area contributed by atoms with Gasteiger partial charge in [0, 0.05) is 22.8 Å². The maximum Gasteiger partial charge on any atom is 0.115 e. The smallest absolute Gasteiger partial charge is 0.115 e. The van der Waals surface area contributed by atoms with Crippen LogP contribution >= 0.6 is 11.3 Å². The molecule has 0 radical (unpaired) electrons. The third-order valence-corrected chi connectivity index (χ3v) is 5.10. The Labute approximate surface area is 130 Å². The van der Waals surface area contributed by atoms with Crippen LogP contribution in [0.1, 0.15) is 59.6 Å². The molecule has 112 valence electrons. The number of thiazole rings is 1. The van der Waals surface area contributed by atoms with Crippen molar-refractivity contribution in [1.29, 1.82) is 0 Å². The average molecular weight is 301 g/mol. The van der Waals surface area contributed by atoms with Crippen molar-refractivity contribution in [2.75, 3.05) is 0 Å². The van der Waals surface area contributed by atoms with Crippen LogP contribution in [0.15, 0.2) is 18.3 Å². The second-order valence-electron chi connectivity index (χ2n) is 6.12. The van der Waals surface area contributed by atoms with Crippen LogP contribution < -0.4 is 5.32 Å². The molecule has 0 saturated heterocycles. The fourth-order valence-electron chi connectivity index (χ4n) is 2.79. The monoisotopic (exact) mass is 301 g/mol. The van der Waals surface area contributed by atoms with Crippen LogP contribution in [0.4, 0.5) is 0 Å². The third-order valence-electron chi connectivity index (χ3n) is 3.88. The Morgan fingerprint density at radius 2 is 2.00 bits per heavy atom. The molecule has 1 N–H and O–H groups in total. The molecular weight excluding hydrogens is 278 g/mol. The minimum atomic E-state index is 0.161. The number of rotatable bonds is 4. The lowest BCUT2D eigenvalue weighted by Crippen LogP contribution is -2.29. The highest BCUT2D eigenvalue weighted by Crippen LogP contribution is 2.32. The quantitative estimate of drug-likeness (QED) is 0.933. The molecule has 4 heteroatoms. The van der Waals surface area contributed by atoms with Crippen LogP contribution in [0.25, 0.3) is 0 Å². The van der Waals surface area contributed by atoms with Gasteiger partial charge in [-0.15, -0.1) is 11.3 Å². The zero-order valence-electron chi connectivity index (χ0n) is 13.0. The SMILES string of the molecule is Cc1ccc(C(NC(C)C)c2nc3c(s2)CCCC3)cn1. The number of nitrogens with zero attached hydrogens (tertiary/aromatic N) is 2. The van der Waals surface area contributed by atoms with Crippen LogP contribution in [0, 0.1) is 6.92 Å². The Hall–Kier alpha value is -1.26. The van der Waals surface area contributed by atoms with Crippen molar-refractivity contribution < 1.29 is 0 Å². The first kappa shape index (κ1) is 14.7. The maximum absolute atomic E-state index is 4.93. The van der Waals surface area contributed by atoms with E-state index in [1.807, 2.05) is 24.5 Å². The van der Waals surface area contributed by atoms with Crippen LogP contribution in [-0.4, -0.2) is 16.0 Å². The van der Waals surface area contributed by atoms with Crippen molar-refractivity contribution in [3.05, 3.63) is 45.2 Å². The van der Waals surface area contributed by atoms with Gasteiger partial charge in [0.15, 0.2) is 0 Å². The summed E-state index contributed by atoms with van der Waals surface area (Å²) in [5.74, 6) is 0. The van der Waals surface area contributed by atoms with Crippen LogP contribution in [0.5, 0.6) is 0 Å². The predicted octanol–water partition coefficient (Wildman–Crippen LogP) is 3.81. The van der Waals surface area contributed by atoms with Gasteiger partial charge in [-0.05, 0) is 58.1 Å². The van der Waals surface area contributed by atoms with E-state index in [0.29, 0.717) is 6.04 Å². The third kappa shape index (κ3) is 3.33. The minimum Gasteiger partial charge on any atom is -0.302 e. The molecule has 2 aromatic rings. The Balaban J connectivity index is 1.95. The van der Waals surface area contributed by atoms with E-state index in [4.69, 9.17) is 4.98 Å². The number of hydrogen-bond acceptors (Lipinski definition) is 4. The molecule has 0 saturated carbocycles. The molecule has 21 heavy (non-hydrogen) atoms. The zero-order chi connectivity index (χ0) is 14.8. The molecule has 0 bridgehead atoms. The highest BCUT2D eigenvalue weighted by molar-refractivity contribution is 7.11. The first-order valence-corrected chi connectivity index (χ1v) is 8.62. The van der Waals surface area contributed by atoms with Gasteiger partial charge in [0.25, 0.3) is 0 Å². The van der Waals surface area contributed by atoms with Crippen LogP contribution in [-0.2, 0) is 12.8 Å². The Morgan fingerprint density at radius 1 is 1.19 bits per heavy atom. The van der Waals surface area contributed by atoms with E-state index >= 15 is 0 Å². The van der Waals surface area contributed by atoms with Gasteiger partial charge in [0.05, 0.1) is 11.7 Å². The van der Waals surface area contributed by atoms with Gasteiger partial charge in [-0.1, -0.05) is 6.07 Å².